The first kappa shape index (κ1) is 21.4. The summed E-state index contributed by atoms with van der Waals surface area (Å²) in [5, 5.41) is 0. The Balaban J connectivity index is 0. The van der Waals surface area contributed by atoms with E-state index in [4.69, 9.17) is 9.29 Å². The molecule has 0 spiro atoms. The van der Waals surface area contributed by atoms with Crippen LogP contribution in [0.3, 0.4) is 0 Å². The molecule has 0 unspecified atom stereocenters. The highest BCUT2D eigenvalue weighted by atomic mass is 32.2. The molecule has 0 atom stereocenters. The topological polar surface area (TPSA) is 80.7 Å². The number of ether oxygens (including phenoxy) is 1. The standard InChI is InChI=1S/C12H24O5S.Mg/c1-2-3-4-5-6-9-12(13)17-10-7-8-11-18(14,15)16;/h2-11H2,1H3,(H,14,15,16);. The van der Waals surface area contributed by atoms with Crippen LogP contribution in [0.5, 0.6) is 0 Å². The van der Waals surface area contributed by atoms with Crippen molar-refractivity contribution < 1.29 is 22.5 Å². The van der Waals surface area contributed by atoms with E-state index in [1.54, 1.807) is 0 Å². The summed E-state index contributed by atoms with van der Waals surface area (Å²) < 4.78 is 34.2. The van der Waals surface area contributed by atoms with Gasteiger partial charge in [-0.15, -0.1) is 0 Å². The number of carbonyl (C=O) groups is 1. The van der Waals surface area contributed by atoms with Crippen LogP contribution in [0.1, 0.15) is 58.3 Å². The smallest absolute Gasteiger partial charge is 0.305 e. The molecular weight excluding hydrogens is 280 g/mol. The molecule has 0 aromatic carbocycles. The van der Waals surface area contributed by atoms with Crippen molar-refractivity contribution in [3.8, 4) is 0 Å². The maximum atomic E-state index is 11.2. The predicted octanol–water partition coefficient (Wildman–Crippen LogP) is 2.18. The van der Waals surface area contributed by atoms with Crippen LogP contribution in [0.15, 0.2) is 0 Å². The van der Waals surface area contributed by atoms with Crippen molar-refractivity contribution in [1.82, 2.24) is 0 Å². The zero-order valence-corrected chi connectivity index (χ0v) is 14.0. The molecule has 0 aliphatic heterocycles. The van der Waals surface area contributed by atoms with Gasteiger partial charge in [-0.1, -0.05) is 32.6 Å². The largest absolute Gasteiger partial charge is 0.466 e. The van der Waals surface area contributed by atoms with Crippen LogP contribution >= 0.6 is 0 Å². The third kappa shape index (κ3) is 18.1. The van der Waals surface area contributed by atoms with E-state index in [-0.39, 0.29) is 41.4 Å². The lowest BCUT2D eigenvalue weighted by molar-refractivity contribution is -0.143. The summed E-state index contributed by atoms with van der Waals surface area (Å²) in [6.07, 6.45) is 6.63. The first-order valence-electron chi connectivity index (χ1n) is 6.56. The molecule has 0 aromatic heterocycles. The molecule has 19 heavy (non-hydrogen) atoms. The molecule has 0 saturated heterocycles. The van der Waals surface area contributed by atoms with Crippen LogP contribution in [-0.4, -0.2) is 54.4 Å². The molecular formula is C12H24MgO5S. The highest BCUT2D eigenvalue weighted by Gasteiger charge is 2.05. The summed E-state index contributed by atoms with van der Waals surface area (Å²) in [7, 11) is -3.89. The molecule has 0 saturated carbocycles. The van der Waals surface area contributed by atoms with Crippen molar-refractivity contribution in [3.05, 3.63) is 0 Å². The van der Waals surface area contributed by atoms with E-state index in [2.05, 4.69) is 6.92 Å². The summed E-state index contributed by atoms with van der Waals surface area (Å²) in [5.41, 5.74) is 0. The predicted molar refractivity (Wildman–Crippen MR) is 75.7 cm³/mol. The van der Waals surface area contributed by atoms with Gasteiger partial charge in [-0.2, -0.15) is 8.42 Å². The summed E-state index contributed by atoms with van der Waals surface area (Å²) in [6.45, 7) is 2.37. The Bertz CT molecular complexity index is 316. The average molecular weight is 305 g/mol. The Labute approximate surface area is 132 Å². The molecule has 0 amide bonds. The molecule has 0 bridgehead atoms. The Hall–Kier alpha value is 0.146. The van der Waals surface area contributed by atoms with Crippen LogP contribution in [0.25, 0.3) is 0 Å². The lowest BCUT2D eigenvalue weighted by Gasteiger charge is -2.04. The van der Waals surface area contributed by atoms with E-state index < -0.39 is 10.1 Å². The molecule has 7 heteroatoms. The third-order valence-corrected chi connectivity index (χ3v) is 3.35. The van der Waals surface area contributed by atoms with Crippen LogP contribution in [-0.2, 0) is 19.6 Å². The lowest BCUT2D eigenvalue weighted by atomic mass is 10.1. The second kappa shape index (κ2) is 13.1. The van der Waals surface area contributed by atoms with E-state index >= 15 is 0 Å². The Morgan fingerprint density at radius 3 is 2.26 bits per heavy atom. The van der Waals surface area contributed by atoms with Gasteiger partial charge in [0.05, 0.1) is 12.4 Å². The molecule has 1 N–H and O–H groups in total. The van der Waals surface area contributed by atoms with Gasteiger partial charge in [0.2, 0.25) is 0 Å². The van der Waals surface area contributed by atoms with Gasteiger partial charge in [-0.05, 0) is 19.3 Å². The molecule has 0 heterocycles. The van der Waals surface area contributed by atoms with Gasteiger partial charge in [0.25, 0.3) is 10.1 Å². The van der Waals surface area contributed by atoms with Crippen molar-refractivity contribution in [2.45, 2.75) is 58.3 Å². The first-order chi connectivity index (χ1) is 8.45. The second-order valence-corrected chi connectivity index (χ2v) is 5.95. The number of hydrogen-bond donors (Lipinski definition) is 1. The number of esters is 1. The Morgan fingerprint density at radius 1 is 1.05 bits per heavy atom. The van der Waals surface area contributed by atoms with Gasteiger partial charge < -0.3 is 4.74 Å². The minimum atomic E-state index is -3.89. The van der Waals surface area contributed by atoms with E-state index in [9.17, 15) is 13.2 Å². The number of rotatable bonds is 11. The lowest BCUT2D eigenvalue weighted by Crippen LogP contribution is -2.08. The summed E-state index contributed by atoms with van der Waals surface area (Å²) in [4.78, 5) is 11.2. The van der Waals surface area contributed by atoms with Crippen molar-refractivity contribution in [2.75, 3.05) is 12.4 Å². The minimum absolute atomic E-state index is 0. The highest BCUT2D eigenvalue weighted by molar-refractivity contribution is 7.85. The number of carbonyl (C=O) groups excluding carboxylic acids is 1. The monoisotopic (exact) mass is 304 g/mol. The van der Waals surface area contributed by atoms with Crippen LogP contribution in [0.4, 0.5) is 0 Å². The molecule has 110 valence electrons. The molecule has 0 aliphatic carbocycles. The fourth-order valence-corrected chi connectivity index (χ4v) is 2.09. The van der Waals surface area contributed by atoms with E-state index in [1.165, 1.54) is 12.8 Å². The highest BCUT2D eigenvalue weighted by Crippen LogP contribution is 2.06. The van der Waals surface area contributed by atoms with Gasteiger partial charge >= 0.3 is 5.97 Å². The number of hydrogen-bond acceptors (Lipinski definition) is 4. The quantitative estimate of drug-likeness (QED) is 0.274. The average Bonchev–Trinajstić information content (AvgIpc) is 2.27. The molecule has 0 aliphatic rings. The zero-order valence-electron chi connectivity index (χ0n) is 11.8. The Kier molecular flexibility index (Phi) is 14.8. The first-order valence-corrected chi connectivity index (χ1v) is 8.17. The zero-order chi connectivity index (χ0) is 13.9. The minimum Gasteiger partial charge on any atom is -0.466 e. The third-order valence-electron chi connectivity index (χ3n) is 2.54. The summed E-state index contributed by atoms with van der Waals surface area (Å²) in [5.74, 6) is -0.500. The van der Waals surface area contributed by atoms with Gasteiger partial charge in [-0.25, -0.2) is 0 Å². The molecule has 0 rings (SSSR count). The van der Waals surface area contributed by atoms with Crippen molar-refractivity contribution in [1.29, 1.82) is 0 Å². The number of unbranched alkanes of at least 4 members (excludes halogenated alkanes) is 5. The van der Waals surface area contributed by atoms with E-state index in [0.29, 0.717) is 19.3 Å². The Morgan fingerprint density at radius 2 is 1.68 bits per heavy atom. The van der Waals surface area contributed by atoms with Crippen LogP contribution in [0, 0.1) is 0 Å². The second-order valence-electron chi connectivity index (χ2n) is 4.38. The van der Waals surface area contributed by atoms with Crippen molar-refractivity contribution in [2.24, 2.45) is 0 Å². The van der Waals surface area contributed by atoms with Crippen molar-refractivity contribution >= 4 is 39.1 Å². The maximum Gasteiger partial charge on any atom is 0.305 e. The van der Waals surface area contributed by atoms with Crippen LogP contribution < -0.4 is 0 Å². The maximum absolute atomic E-state index is 11.2. The normalized spacial score (nSPS) is 10.8. The van der Waals surface area contributed by atoms with E-state index in [1.807, 2.05) is 0 Å². The van der Waals surface area contributed by atoms with Crippen LogP contribution in [0.2, 0.25) is 0 Å². The van der Waals surface area contributed by atoms with Gasteiger partial charge in [0.15, 0.2) is 0 Å². The van der Waals surface area contributed by atoms with E-state index in [0.717, 1.165) is 19.3 Å². The van der Waals surface area contributed by atoms with Gasteiger partial charge in [-0.3, -0.25) is 9.35 Å². The fourth-order valence-electron chi connectivity index (χ4n) is 1.52. The fraction of sp³-hybridized carbons (Fsp3) is 0.917. The molecule has 5 nitrogen and oxygen atoms in total. The molecule has 0 aromatic rings. The SMILES string of the molecule is CCCCCCCC(=O)OCCCCS(=O)(=O)O.[Mg]. The van der Waals surface area contributed by atoms with Gasteiger partial charge in [0.1, 0.15) is 0 Å². The van der Waals surface area contributed by atoms with Gasteiger partial charge in [0, 0.05) is 29.5 Å². The van der Waals surface area contributed by atoms with Crippen molar-refractivity contribution in [3.63, 3.8) is 0 Å². The molecule has 0 fully saturated rings. The summed E-state index contributed by atoms with van der Waals surface area (Å²) >= 11 is 0. The summed E-state index contributed by atoms with van der Waals surface area (Å²) in [6, 6.07) is 0. The molecule has 2 radical (unpaired) electrons.